The average Bonchev–Trinajstić information content (AvgIpc) is 2.46. The minimum Gasteiger partial charge on any atom is -0.480 e. The van der Waals surface area contributed by atoms with Crippen molar-refractivity contribution >= 4 is 5.97 Å². The number of aliphatic carboxylic acids is 1. The Morgan fingerprint density at radius 2 is 1.85 bits per heavy atom. The number of hydrogen-bond donors (Lipinski definition) is 2. The van der Waals surface area contributed by atoms with Gasteiger partial charge in [-0.1, -0.05) is 12.8 Å². The van der Waals surface area contributed by atoms with Crippen LogP contribution in [0.15, 0.2) is 0 Å². The highest BCUT2D eigenvalue weighted by Crippen LogP contribution is 2.40. The summed E-state index contributed by atoms with van der Waals surface area (Å²) in [5, 5.41) is 9.40. The van der Waals surface area contributed by atoms with Crippen molar-refractivity contribution in [3.05, 3.63) is 0 Å². The van der Waals surface area contributed by atoms with Crippen LogP contribution in [0.25, 0.3) is 0 Å². The molecule has 114 valence electrons. The van der Waals surface area contributed by atoms with Gasteiger partial charge in [-0.05, 0) is 63.8 Å². The van der Waals surface area contributed by atoms with Crippen LogP contribution in [0, 0.1) is 5.92 Å². The monoisotopic (exact) mass is 280 g/mol. The standard InChI is InChI=1S/C16H28N2O2/c17-16(15(19)20)9-3-7-13(11-16)18-10-4-6-12-5-1-2-8-14(12)18/h12-14H,1-11,17H2,(H,19,20). The molecule has 0 amide bonds. The summed E-state index contributed by atoms with van der Waals surface area (Å²) in [5.74, 6) is 0.0517. The largest absolute Gasteiger partial charge is 0.480 e. The Labute approximate surface area is 121 Å². The van der Waals surface area contributed by atoms with Gasteiger partial charge < -0.3 is 10.8 Å². The first-order chi connectivity index (χ1) is 9.60. The van der Waals surface area contributed by atoms with Crippen molar-refractivity contribution in [2.75, 3.05) is 6.54 Å². The first-order valence-electron chi connectivity index (χ1n) is 8.38. The van der Waals surface area contributed by atoms with Gasteiger partial charge in [-0.15, -0.1) is 0 Å². The summed E-state index contributed by atoms with van der Waals surface area (Å²) >= 11 is 0. The van der Waals surface area contributed by atoms with Crippen molar-refractivity contribution in [3.63, 3.8) is 0 Å². The summed E-state index contributed by atoms with van der Waals surface area (Å²) in [6, 6.07) is 1.11. The molecule has 3 rings (SSSR count). The van der Waals surface area contributed by atoms with Crippen LogP contribution < -0.4 is 5.73 Å². The number of fused-ring (bicyclic) bond motifs is 1. The number of likely N-dealkylation sites (tertiary alicyclic amines) is 1. The summed E-state index contributed by atoms with van der Waals surface area (Å²) in [6.07, 6.45) is 11.4. The van der Waals surface area contributed by atoms with E-state index in [-0.39, 0.29) is 0 Å². The van der Waals surface area contributed by atoms with Crippen molar-refractivity contribution < 1.29 is 9.90 Å². The molecular formula is C16H28N2O2. The van der Waals surface area contributed by atoms with Crippen LogP contribution in [0.4, 0.5) is 0 Å². The molecule has 0 aromatic carbocycles. The Morgan fingerprint density at radius 1 is 1.10 bits per heavy atom. The van der Waals surface area contributed by atoms with Crippen molar-refractivity contribution in [1.29, 1.82) is 0 Å². The summed E-state index contributed by atoms with van der Waals surface area (Å²) < 4.78 is 0. The Morgan fingerprint density at radius 3 is 2.65 bits per heavy atom. The first-order valence-corrected chi connectivity index (χ1v) is 8.38. The molecule has 1 aliphatic heterocycles. The van der Waals surface area contributed by atoms with E-state index >= 15 is 0 Å². The fraction of sp³-hybridized carbons (Fsp3) is 0.938. The van der Waals surface area contributed by atoms with Crippen LogP contribution in [-0.2, 0) is 4.79 Å². The highest BCUT2D eigenvalue weighted by atomic mass is 16.4. The molecule has 2 saturated carbocycles. The first kappa shape index (κ1) is 14.3. The molecule has 4 nitrogen and oxygen atoms in total. The summed E-state index contributed by atoms with van der Waals surface area (Å²) in [7, 11) is 0. The van der Waals surface area contributed by atoms with Gasteiger partial charge in [0, 0.05) is 12.1 Å². The quantitative estimate of drug-likeness (QED) is 0.815. The molecule has 3 aliphatic rings. The molecule has 0 radical (unpaired) electrons. The second kappa shape index (κ2) is 5.64. The number of carbonyl (C=O) groups is 1. The predicted molar refractivity (Wildman–Crippen MR) is 78.5 cm³/mol. The second-order valence-electron chi connectivity index (χ2n) is 7.20. The van der Waals surface area contributed by atoms with E-state index in [1.165, 1.54) is 38.5 Å². The van der Waals surface area contributed by atoms with Crippen LogP contribution in [-0.4, -0.2) is 40.1 Å². The summed E-state index contributed by atoms with van der Waals surface area (Å²) in [4.78, 5) is 14.1. The summed E-state index contributed by atoms with van der Waals surface area (Å²) in [5.41, 5.74) is 5.16. The number of carboxylic acid groups (broad SMARTS) is 1. The molecule has 2 aliphatic carbocycles. The van der Waals surface area contributed by atoms with Gasteiger partial charge in [-0.2, -0.15) is 0 Å². The van der Waals surface area contributed by atoms with E-state index in [4.69, 9.17) is 5.73 Å². The van der Waals surface area contributed by atoms with Gasteiger partial charge >= 0.3 is 5.97 Å². The topological polar surface area (TPSA) is 66.6 Å². The maximum absolute atomic E-state index is 11.4. The molecule has 0 bridgehead atoms. The maximum atomic E-state index is 11.4. The Balaban J connectivity index is 1.72. The van der Waals surface area contributed by atoms with E-state index in [0.717, 1.165) is 25.3 Å². The van der Waals surface area contributed by atoms with Crippen molar-refractivity contribution in [1.82, 2.24) is 4.90 Å². The van der Waals surface area contributed by atoms with Gasteiger partial charge in [-0.25, -0.2) is 0 Å². The van der Waals surface area contributed by atoms with Crippen molar-refractivity contribution in [3.8, 4) is 0 Å². The van der Waals surface area contributed by atoms with Gasteiger partial charge in [0.2, 0.25) is 0 Å². The molecular weight excluding hydrogens is 252 g/mol. The fourth-order valence-electron chi connectivity index (χ4n) is 4.87. The Bertz CT molecular complexity index is 371. The zero-order chi connectivity index (χ0) is 14.2. The Kier molecular flexibility index (Phi) is 4.04. The van der Waals surface area contributed by atoms with Crippen LogP contribution in [0.5, 0.6) is 0 Å². The highest BCUT2D eigenvalue weighted by Gasteiger charge is 2.44. The molecule has 4 atom stereocenters. The highest BCUT2D eigenvalue weighted by molar-refractivity contribution is 5.78. The van der Waals surface area contributed by atoms with Gasteiger partial charge in [0.05, 0.1) is 0 Å². The predicted octanol–water partition coefficient (Wildman–Crippen LogP) is 2.37. The minimum atomic E-state index is -0.982. The molecule has 0 aromatic rings. The average molecular weight is 280 g/mol. The molecule has 0 aromatic heterocycles. The molecule has 3 N–H and O–H groups in total. The Hall–Kier alpha value is -0.610. The number of rotatable bonds is 2. The third-order valence-corrected chi connectivity index (χ3v) is 5.94. The number of hydrogen-bond acceptors (Lipinski definition) is 3. The number of carboxylic acids is 1. The lowest BCUT2D eigenvalue weighted by atomic mass is 9.74. The number of nitrogens with zero attached hydrogens (tertiary/aromatic N) is 1. The van der Waals surface area contributed by atoms with Crippen LogP contribution in [0.3, 0.4) is 0 Å². The van der Waals surface area contributed by atoms with Gasteiger partial charge in [0.1, 0.15) is 5.54 Å². The van der Waals surface area contributed by atoms with E-state index < -0.39 is 11.5 Å². The van der Waals surface area contributed by atoms with Gasteiger partial charge in [0.25, 0.3) is 0 Å². The van der Waals surface area contributed by atoms with E-state index in [2.05, 4.69) is 4.90 Å². The van der Waals surface area contributed by atoms with Crippen LogP contribution in [0.1, 0.15) is 64.2 Å². The van der Waals surface area contributed by atoms with E-state index in [0.29, 0.717) is 24.9 Å². The fourth-order valence-corrected chi connectivity index (χ4v) is 4.87. The van der Waals surface area contributed by atoms with Crippen molar-refractivity contribution in [2.24, 2.45) is 11.7 Å². The number of piperidine rings is 1. The van der Waals surface area contributed by atoms with E-state index in [9.17, 15) is 9.90 Å². The third kappa shape index (κ3) is 2.60. The van der Waals surface area contributed by atoms with Crippen LogP contribution >= 0.6 is 0 Å². The zero-order valence-electron chi connectivity index (χ0n) is 12.4. The minimum absolute atomic E-state index is 0.399. The van der Waals surface area contributed by atoms with Gasteiger partial charge in [0.15, 0.2) is 0 Å². The third-order valence-electron chi connectivity index (χ3n) is 5.94. The van der Waals surface area contributed by atoms with E-state index in [1.807, 2.05) is 0 Å². The second-order valence-corrected chi connectivity index (χ2v) is 7.20. The smallest absolute Gasteiger partial charge is 0.323 e. The molecule has 20 heavy (non-hydrogen) atoms. The maximum Gasteiger partial charge on any atom is 0.323 e. The lowest BCUT2D eigenvalue weighted by Crippen LogP contribution is -2.59. The van der Waals surface area contributed by atoms with Crippen LogP contribution in [0.2, 0.25) is 0 Å². The molecule has 4 heteroatoms. The molecule has 3 fully saturated rings. The van der Waals surface area contributed by atoms with E-state index in [1.54, 1.807) is 0 Å². The molecule has 4 unspecified atom stereocenters. The molecule has 0 spiro atoms. The summed E-state index contributed by atoms with van der Waals surface area (Å²) in [6.45, 7) is 1.15. The number of nitrogens with two attached hydrogens (primary N) is 1. The zero-order valence-corrected chi connectivity index (χ0v) is 12.4. The SMILES string of the molecule is NC1(C(=O)O)CCCC(N2CCCC3CCCCC32)C1. The lowest BCUT2D eigenvalue weighted by molar-refractivity contribution is -0.146. The van der Waals surface area contributed by atoms with Crippen molar-refractivity contribution in [2.45, 2.75) is 81.8 Å². The molecule has 1 heterocycles. The lowest BCUT2D eigenvalue weighted by Gasteiger charge is -2.50. The molecule has 1 saturated heterocycles. The van der Waals surface area contributed by atoms with Gasteiger partial charge in [-0.3, -0.25) is 9.69 Å². The normalized spacial score (nSPS) is 43.0.